The second-order valence-corrected chi connectivity index (χ2v) is 3.76. The fraction of sp³-hybridized carbons (Fsp3) is 0.294. The predicted molar refractivity (Wildman–Crippen MR) is 80.1 cm³/mol. The SMILES string of the molecule is CC(C)c1ccc2ccccc2c1.[CH2-]C.[CH2-]C.[Zn+2]. The van der Waals surface area contributed by atoms with Crippen LogP contribution in [0.15, 0.2) is 42.5 Å². The van der Waals surface area contributed by atoms with E-state index < -0.39 is 0 Å². The molecule has 0 aliphatic rings. The summed E-state index contributed by atoms with van der Waals surface area (Å²) in [4.78, 5) is 0. The molecule has 0 unspecified atom stereocenters. The van der Waals surface area contributed by atoms with Gasteiger partial charge < -0.3 is 13.8 Å². The van der Waals surface area contributed by atoms with Crippen LogP contribution < -0.4 is 0 Å². The van der Waals surface area contributed by atoms with Gasteiger partial charge in [0.1, 0.15) is 0 Å². The van der Waals surface area contributed by atoms with E-state index in [1.165, 1.54) is 16.3 Å². The molecule has 0 aliphatic carbocycles. The molecule has 0 radical (unpaired) electrons. The number of fused-ring (bicyclic) bond motifs is 1. The molecule has 94 valence electrons. The van der Waals surface area contributed by atoms with Crippen LogP contribution in [0.5, 0.6) is 0 Å². The van der Waals surface area contributed by atoms with Crippen LogP contribution >= 0.6 is 0 Å². The van der Waals surface area contributed by atoms with Crippen molar-refractivity contribution in [3.05, 3.63) is 61.9 Å². The first-order valence-corrected chi connectivity index (χ1v) is 6.17. The van der Waals surface area contributed by atoms with E-state index in [0.717, 1.165) is 0 Å². The van der Waals surface area contributed by atoms with E-state index in [4.69, 9.17) is 0 Å². The van der Waals surface area contributed by atoms with Crippen LogP contribution in [0.4, 0.5) is 0 Å². The van der Waals surface area contributed by atoms with Gasteiger partial charge in [-0.05, 0) is 22.3 Å². The van der Waals surface area contributed by atoms with Gasteiger partial charge in [0.2, 0.25) is 0 Å². The molecule has 0 amide bonds. The van der Waals surface area contributed by atoms with Gasteiger partial charge >= 0.3 is 19.5 Å². The summed E-state index contributed by atoms with van der Waals surface area (Å²) in [5.41, 5.74) is 1.42. The molecule has 0 saturated heterocycles. The maximum absolute atomic E-state index is 3.25. The van der Waals surface area contributed by atoms with Gasteiger partial charge in [0.05, 0.1) is 0 Å². The Kier molecular flexibility index (Phi) is 12.5. The Hall–Kier alpha value is -0.677. The topological polar surface area (TPSA) is 0 Å². The maximum Gasteiger partial charge on any atom is 2.00 e. The van der Waals surface area contributed by atoms with Crippen molar-refractivity contribution in [2.24, 2.45) is 0 Å². The van der Waals surface area contributed by atoms with Gasteiger partial charge in [0.15, 0.2) is 0 Å². The molecule has 2 aromatic rings. The molecule has 0 N–H and O–H groups in total. The molecular formula is C17H24Zn. The van der Waals surface area contributed by atoms with Gasteiger partial charge in [-0.3, -0.25) is 0 Å². The second-order valence-electron chi connectivity index (χ2n) is 3.76. The Labute approximate surface area is 126 Å². The zero-order valence-electron chi connectivity index (χ0n) is 12.2. The zero-order valence-corrected chi connectivity index (χ0v) is 15.2. The van der Waals surface area contributed by atoms with E-state index in [2.05, 4.69) is 70.2 Å². The van der Waals surface area contributed by atoms with E-state index in [1.807, 2.05) is 0 Å². The summed E-state index contributed by atoms with van der Waals surface area (Å²) >= 11 is 0. The summed E-state index contributed by atoms with van der Waals surface area (Å²) in [6.45, 7) is 14.5. The molecule has 2 aromatic carbocycles. The Bertz CT molecular complexity index is 419. The number of hydrogen-bond donors (Lipinski definition) is 0. The normalized spacial score (nSPS) is 8.61. The second kappa shape index (κ2) is 11.4. The van der Waals surface area contributed by atoms with Crippen LogP contribution in [0, 0.1) is 13.8 Å². The molecular weight excluding hydrogens is 270 g/mol. The largest absolute Gasteiger partial charge is 2.00 e. The molecule has 0 aliphatic heterocycles. The monoisotopic (exact) mass is 292 g/mol. The molecule has 0 spiro atoms. The third-order valence-corrected chi connectivity index (χ3v) is 2.44. The van der Waals surface area contributed by atoms with Crippen molar-refractivity contribution in [3.63, 3.8) is 0 Å². The number of benzene rings is 2. The van der Waals surface area contributed by atoms with Crippen LogP contribution in [0.25, 0.3) is 10.8 Å². The quantitative estimate of drug-likeness (QED) is 0.471. The third kappa shape index (κ3) is 5.78. The van der Waals surface area contributed by atoms with Crippen LogP contribution in [0.2, 0.25) is 0 Å². The zero-order chi connectivity index (χ0) is 13.3. The number of hydrogen-bond acceptors (Lipinski definition) is 0. The smallest absolute Gasteiger partial charge is 0.346 e. The Morgan fingerprint density at radius 2 is 1.28 bits per heavy atom. The summed E-state index contributed by atoms with van der Waals surface area (Å²) in [6.07, 6.45) is 0. The minimum atomic E-state index is 0. The van der Waals surface area contributed by atoms with Crippen LogP contribution in [0.1, 0.15) is 39.2 Å². The van der Waals surface area contributed by atoms with Crippen molar-refractivity contribution in [3.8, 4) is 0 Å². The van der Waals surface area contributed by atoms with E-state index >= 15 is 0 Å². The average Bonchev–Trinajstić information content (AvgIpc) is 2.42. The Balaban J connectivity index is 0. The van der Waals surface area contributed by atoms with Crippen molar-refractivity contribution in [1.29, 1.82) is 0 Å². The first-order valence-electron chi connectivity index (χ1n) is 6.17. The molecule has 0 heterocycles. The van der Waals surface area contributed by atoms with Gasteiger partial charge in [0, 0.05) is 0 Å². The molecule has 1 heteroatoms. The van der Waals surface area contributed by atoms with Gasteiger partial charge in [-0.2, -0.15) is 13.8 Å². The molecule has 0 aromatic heterocycles. The number of rotatable bonds is 1. The fourth-order valence-electron chi connectivity index (χ4n) is 1.57. The van der Waals surface area contributed by atoms with Gasteiger partial charge in [0.25, 0.3) is 0 Å². The summed E-state index contributed by atoms with van der Waals surface area (Å²) in [5.74, 6) is 0.615. The fourth-order valence-corrected chi connectivity index (χ4v) is 1.57. The van der Waals surface area contributed by atoms with Crippen LogP contribution in [-0.2, 0) is 19.5 Å². The molecule has 18 heavy (non-hydrogen) atoms. The van der Waals surface area contributed by atoms with Gasteiger partial charge in [-0.1, -0.05) is 56.3 Å². The Morgan fingerprint density at radius 3 is 1.78 bits per heavy atom. The predicted octanol–water partition coefficient (Wildman–Crippen LogP) is 5.64. The van der Waals surface area contributed by atoms with E-state index in [-0.39, 0.29) is 19.5 Å². The van der Waals surface area contributed by atoms with Crippen molar-refractivity contribution in [2.45, 2.75) is 33.6 Å². The molecule has 0 saturated carbocycles. The Morgan fingerprint density at radius 1 is 0.778 bits per heavy atom. The third-order valence-electron chi connectivity index (χ3n) is 2.44. The summed E-state index contributed by atoms with van der Waals surface area (Å²) in [5, 5.41) is 2.67. The van der Waals surface area contributed by atoms with Crippen LogP contribution in [0.3, 0.4) is 0 Å². The summed E-state index contributed by atoms with van der Waals surface area (Å²) in [6, 6.07) is 15.2. The standard InChI is InChI=1S/C13H14.2C2H5.Zn/c1-10(2)12-8-7-11-5-3-4-6-13(11)9-12;2*1-2;/h3-10H,1-2H3;2*1H2,2H3;/q;2*-1;+2. The average molecular weight is 294 g/mol. The first kappa shape index (κ1) is 19.7. The van der Waals surface area contributed by atoms with E-state index in [9.17, 15) is 0 Å². The van der Waals surface area contributed by atoms with Gasteiger partial charge in [-0.25, -0.2) is 0 Å². The van der Waals surface area contributed by atoms with E-state index in [1.54, 1.807) is 13.8 Å². The minimum absolute atomic E-state index is 0. The van der Waals surface area contributed by atoms with Crippen molar-refractivity contribution >= 4 is 10.8 Å². The van der Waals surface area contributed by atoms with Crippen LogP contribution in [-0.4, -0.2) is 0 Å². The maximum atomic E-state index is 3.25. The van der Waals surface area contributed by atoms with Crippen molar-refractivity contribution in [2.75, 3.05) is 0 Å². The minimum Gasteiger partial charge on any atom is -0.346 e. The summed E-state index contributed by atoms with van der Waals surface area (Å²) < 4.78 is 0. The molecule has 0 nitrogen and oxygen atoms in total. The molecule has 0 bridgehead atoms. The molecule has 2 rings (SSSR count). The van der Waals surface area contributed by atoms with E-state index in [0.29, 0.717) is 5.92 Å². The molecule has 0 fully saturated rings. The van der Waals surface area contributed by atoms with Gasteiger partial charge in [-0.15, -0.1) is 0 Å². The summed E-state index contributed by atoms with van der Waals surface area (Å²) in [7, 11) is 0. The molecule has 0 atom stereocenters. The van der Waals surface area contributed by atoms with Crippen molar-refractivity contribution in [1.82, 2.24) is 0 Å². The van der Waals surface area contributed by atoms with Crippen molar-refractivity contribution < 1.29 is 19.5 Å². The first-order chi connectivity index (χ1) is 8.27.